The molecule has 2 rings (SSSR count). The fourth-order valence-electron chi connectivity index (χ4n) is 13.0. The van der Waals surface area contributed by atoms with Gasteiger partial charge in [-0.2, -0.15) is 0 Å². The number of ether oxygens (including phenoxy) is 4. The number of carbonyl (C=O) groups is 2. The van der Waals surface area contributed by atoms with E-state index in [-0.39, 0.29) is 30.8 Å². The van der Waals surface area contributed by atoms with Crippen molar-refractivity contribution in [1.82, 2.24) is 20.4 Å². The van der Waals surface area contributed by atoms with E-state index in [1.165, 1.54) is 0 Å². The number of hydrogen-bond donors (Lipinski definition) is 2. The van der Waals surface area contributed by atoms with Gasteiger partial charge < -0.3 is 109 Å². The first-order valence-corrected chi connectivity index (χ1v) is 44.7. The summed E-state index contributed by atoms with van der Waals surface area (Å²) in [6, 6.07) is 3.46. The van der Waals surface area contributed by atoms with Crippen molar-refractivity contribution in [2.45, 2.75) is 164 Å². The van der Waals surface area contributed by atoms with Crippen LogP contribution >= 0.6 is 0 Å². The van der Waals surface area contributed by atoms with Crippen LogP contribution in [-0.4, -0.2) is 293 Å². The number of nitrogens with zero attached hydrogens (tertiary/aromatic N) is 2. The summed E-state index contributed by atoms with van der Waals surface area (Å²) in [5.41, 5.74) is 0.0772. The molecule has 2 saturated carbocycles. The monoisotopic (exact) mass is 1440 g/mol. The Bertz CT molecular complexity index is 1690. The summed E-state index contributed by atoms with van der Waals surface area (Å²) in [4.78, 5) is 31.8. The quantitative estimate of drug-likeness (QED) is 0.0439. The van der Waals surface area contributed by atoms with Gasteiger partial charge in [0.05, 0.1) is 25.4 Å². The normalized spacial score (nSPS) is 18.9. The molecule has 552 valence electrons. The molecule has 0 heterocycles. The maximum Gasteiger partial charge on any atom is 0.500 e. The molecular weight excluding hydrogens is 1320 g/mol. The Hall–Kier alpha value is -1.04. The summed E-state index contributed by atoms with van der Waals surface area (Å²) in [7, 11) is 11.8. The highest BCUT2D eigenvalue weighted by atomic mass is 28.4. The first-order chi connectivity index (χ1) is 44.6. The summed E-state index contributed by atoms with van der Waals surface area (Å²) in [6.07, 6.45) is 9.52. The van der Waals surface area contributed by atoms with E-state index >= 15 is 0 Å². The van der Waals surface area contributed by atoms with Crippen LogP contribution in [0.25, 0.3) is 0 Å². The van der Waals surface area contributed by atoms with Crippen LogP contribution in [-0.2, 0) is 98.6 Å². The van der Waals surface area contributed by atoms with Gasteiger partial charge in [-0.05, 0) is 133 Å². The Labute approximate surface area is 566 Å². The smallest absolute Gasteiger partial charge is 0.442 e. The van der Waals surface area contributed by atoms with Gasteiger partial charge in [-0.15, -0.1) is 0 Å². The van der Waals surface area contributed by atoms with Crippen LogP contribution in [0.15, 0.2) is 0 Å². The van der Waals surface area contributed by atoms with Crippen LogP contribution in [0.3, 0.4) is 0 Å². The van der Waals surface area contributed by atoms with Crippen molar-refractivity contribution in [2.24, 2.45) is 17.3 Å². The Morgan fingerprint density at radius 3 is 0.785 bits per heavy atom. The van der Waals surface area contributed by atoms with Gasteiger partial charge in [0.1, 0.15) is 12.2 Å². The van der Waals surface area contributed by atoms with E-state index in [1.54, 1.807) is 128 Å². The highest BCUT2D eigenvalue weighted by molar-refractivity contribution is 6.62. The van der Waals surface area contributed by atoms with Crippen molar-refractivity contribution in [3.63, 3.8) is 0 Å². The molecule has 2 amide bonds. The number of amides is 2. The van der Waals surface area contributed by atoms with Crippen LogP contribution < -0.4 is 10.6 Å². The third-order valence-corrected chi connectivity index (χ3v) is 36.2. The number of alkyl carbamates (subject to hydrolysis) is 2. The average molecular weight is 1450 g/mol. The van der Waals surface area contributed by atoms with Crippen LogP contribution in [0.5, 0.6) is 0 Å². The molecule has 93 heavy (non-hydrogen) atoms. The molecule has 28 nitrogen and oxygen atoms in total. The predicted molar refractivity (Wildman–Crippen MR) is 364 cm³/mol. The molecule has 0 saturated heterocycles. The minimum absolute atomic E-state index is 0.0108. The lowest BCUT2D eigenvalue weighted by atomic mass is 9.60. The van der Waals surface area contributed by atoms with E-state index in [4.69, 9.17) is 98.6 Å². The van der Waals surface area contributed by atoms with E-state index in [2.05, 4.69) is 34.3 Å². The van der Waals surface area contributed by atoms with Gasteiger partial charge in [0.25, 0.3) is 0 Å². The molecule has 0 bridgehead atoms. The van der Waals surface area contributed by atoms with Crippen LogP contribution in [0.1, 0.15) is 104 Å². The molecule has 0 spiro atoms. The molecule has 2 aliphatic carbocycles. The lowest BCUT2D eigenvalue weighted by Crippen LogP contribution is -2.46. The van der Waals surface area contributed by atoms with Crippen molar-refractivity contribution in [3.8, 4) is 0 Å². The Kier molecular flexibility index (Phi) is 44.6. The Morgan fingerprint density at radius 2 is 0.570 bits per heavy atom. The molecule has 0 aromatic carbocycles. The predicted octanol–water partition coefficient (Wildman–Crippen LogP) is 7.57. The van der Waals surface area contributed by atoms with Gasteiger partial charge in [-0.3, -0.25) is 9.80 Å². The van der Waals surface area contributed by atoms with E-state index in [0.29, 0.717) is 113 Å². The van der Waals surface area contributed by atoms with E-state index in [0.717, 1.165) is 77.0 Å². The molecule has 0 aliphatic heterocycles. The molecular formula is C59H128N4O24Si6. The minimum Gasteiger partial charge on any atom is -0.442 e. The van der Waals surface area contributed by atoms with Gasteiger partial charge in [-0.1, -0.05) is 13.8 Å². The fourth-order valence-corrected chi connectivity index (χ4v) is 23.2. The van der Waals surface area contributed by atoms with Gasteiger partial charge in [0.15, 0.2) is 0 Å². The summed E-state index contributed by atoms with van der Waals surface area (Å²) < 4.78 is 129. The lowest BCUT2D eigenvalue weighted by molar-refractivity contribution is -0.0672. The van der Waals surface area contributed by atoms with Crippen molar-refractivity contribution in [3.05, 3.63) is 0 Å². The Morgan fingerprint density at radius 1 is 0.355 bits per heavy atom. The molecule has 2 unspecified atom stereocenters. The lowest BCUT2D eigenvalue weighted by Gasteiger charge is -2.46. The summed E-state index contributed by atoms with van der Waals surface area (Å²) in [5, 5.41) is 5.89. The second-order valence-electron chi connectivity index (χ2n) is 24.3. The molecule has 0 aromatic heterocycles. The summed E-state index contributed by atoms with van der Waals surface area (Å²) in [5.74, 6) is 1.00. The van der Waals surface area contributed by atoms with Crippen molar-refractivity contribution >= 4 is 65.0 Å². The van der Waals surface area contributed by atoms with E-state index in [1.807, 2.05) is 0 Å². The number of carbonyl (C=O) groups excluding carboxylic acids is 2. The molecule has 34 heteroatoms. The van der Waals surface area contributed by atoms with Gasteiger partial charge >= 0.3 is 65.0 Å². The molecule has 2 N–H and O–H groups in total. The van der Waals surface area contributed by atoms with E-state index < -0.39 is 77.2 Å². The number of nitrogens with one attached hydrogen (secondary N) is 2. The molecule has 0 radical (unpaired) electrons. The average Bonchev–Trinajstić information content (AvgIpc) is 0.848. The second kappa shape index (κ2) is 47.1. The molecule has 2 atom stereocenters. The highest BCUT2D eigenvalue weighted by Gasteiger charge is 2.44. The largest absolute Gasteiger partial charge is 0.500 e. The first-order valence-electron chi connectivity index (χ1n) is 33.1. The van der Waals surface area contributed by atoms with Crippen LogP contribution in [0.4, 0.5) is 9.59 Å². The van der Waals surface area contributed by atoms with Gasteiger partial charge in [-0.25, -0.2) is 9.59 Å². The maximum atomic E-state index is 13.6. The summed E-state index contributed by atoms with van der Waals surface area (Å²) >= 11 is 0. The topological polar surface area (TPSA) is 268 Å². The first kappa shape index (κ1) is 88.0. The standard InChI is InChI=1S/C59H128N4O24Si6/c1-59(2,51-27-31-53(32-28-51)84-49-55(86-57(64)60-35-21-41-88(66-3,67-4)68-5)47-62(37-23-43-90(72-9,73-10)74-11)38-24-44-91(75-12,76-13)77-14)52-29-33-54(34-30-52)85-50-56(87-58(65)61-36-22-42-89(69-6,70-7)71-8)48-63(39-25-45-92(78-15,79-16)80-17)40-26-46-93(81-18,82-19)83-20/h51-56H,21-50H2,1-20H3,(H,60,64)(H,61,65). The minimum atomic E-state index is -2.85. The third kappa shape index (κ3) is 30.0. The third-order valence-electron chi connectivity index (χ3n) is 19.2. The molecule has 0 aromatic rings. The zero-order valence-electron chi connectivity index (χ0n) is 60.9. The van der Waals surface area contributed by atoms with Crippen molar-refractivity contribution in [2.75, 3.05) is 194 Å². The van der Waals surface area contributed by atoms with Crippen LogP contribution in [0.2, 0.25) is 36.3 Å². The zero-order chi connectivity index (χ0) is 69.5. The molecule has 2 aliphatic rings. The highest BCUT2D eigenvalue weighted by Crippen LogP contribution is 2.49. The van der Waals surface area contributed by atoms with Gasteiger partial charge in [0, 0.05) is 190 Å². The zero-order valence-corrected chi connectivity index (χ0v) is 66.9. The SMILES string of the molecule is CO[Si](CCCNC(=O)OC(COC1CCC(C(C)(C)C2CCC(OCC(CN(CCC[Si](OC)(OC)OC)CCC[Si](OC)(OC)OC)OC(=O)NCCC[Si](OC)(OC)OC)CC2)CC1)CN(CCC[Si](OC)(OC)OC)CCC[Si](OC)(OC)OC)(OC)OC. The van der Waals surface area contributed by atoms with E-state index in [9.17, 15) is 9.59 Å². The molecule has 2 fully saturated rings. The fraction of sp³-hybridized carbons (Fsp3) is 0.966. The number of hydrogen-bond acceptors (Lipinski definition) is 26. The number of rotatable bonds is 56. The van der Waals surface area contributed by atoms with Crippen molar-refractivity contribution < 1.29 is 108 Å². The van der Waals surface area contributed by atoms with Gasteiger partial charge in [0.2, 0.25) is 0 Å². The summed E-state index contributed by atoms with van der Waals surface area (Å²) in [6.45, 7) is 9.50. The van der Waals surface area contributed by atoms with Crippen molar-refractivity contribution in [1.29, 1.82) is 0 Å². The second-order valence-corrected chi connectivity index (χ2v) is 42.9. The maximum absolute atomic E-state index is 13.6. The Balaban J connectivity index is 2.26. The van der Waals surface area contributed by atoms with Crippen LogP contribution in [0, 0.1) is 17.3 Å².